The Morgan fingerprint density at radius 3 is 2.67 bits per heavy atom. The normalized spacial score (nSPS) is 16.3. The number of piperazine rings is 1. The molecular weight excluding hydrogens is 544 g/mol. The van der Waals surface area contributed by atoms with Crippen molar-refractivity contribution in [3.63, 3.8) is 0 Å². The van der Waals surface area contributed by atoms with Gasteiger partial charge in [0.2, 0.25) is 5.91 Å². The number of phenolic OH excluding ortho intramolecular Hbond substituents is 1. The van der Waals surface area contributed by atoms with Gasteiger partial charge >= 0.3 is 5.69 Å². The van der Waals surface area contributed by atoms with Crippen LogP contribution in [0.25, 0.3) is 22.3 Å². The van der Waals surface area contributed by atoms with E-state index in [-0.39, 0.29) is 65.1 Å². The van der Waals surface area contributed by atoms with Crippen LogP contribution in [0.3, 0.4) is 0 Å². The van der Waals surface area contributed by atoms with E-state index in [1.165, 1.54) is 47.0 Å². The van der Waals surface area contributed by atoms with E-state index >= 15 is 4.39 Å². The lowest BCUT2D eigenvalue weighted by atomic mass is 10.1. The minimum Gasteiger partial charge on any atom is -0.507 e. The fourth-order valence-electron chi connectivity index (χ4n) is 5.18. The van der Waals surface area contributed by atoms with Crippen LogP contribution in [-0.2, 0) is 11.3 Å². The molecule has 9 nitrogen and oxygen atoms in total. The predicted molar refractivity (Wildman–Crippen MR) is 145 cm³/mol. The van der Waals surface area contributed by atoms with Crippen molar-refractivity contribution in [2.24, 2.45) is 0 Å². The number of hydrogen-bond acceptors (Lipinski definition) is 7. The molecule has 4 aromatic rings. The van der Waals surface area contributed by atoms with Crippen molar-refractivity contribution >= 4 is 34.4 Å². The SMILES string of the molecule is C=CC(=O)N1CCN2c3nc(=O)n(Cc4ccc(F)cc4)c4nc(-c5c(O)cccc5F)c(Cl)c(c34)OC[C@H]2C1. The number of fused-ring (bicyclic) bond motifs is 2. The molecule has 0 aliphatic carbocycles. The first kappa shape index (κ1) is 25.8. The number of anilines is 1. The molecule has 2 aliphatic rings. The Kier molecular flexibility index (Phi) is 6.38. The zero-order valence-electron chi connectivity index (χ0n) is 21.0. The quantitative estimate of drug-likeness (QED) is 0.376. The standard InChI is InChI=1S/C28H22ClF2N5O4/c1-2-20(38)34-10-11-35-17(13-34)14-40-25-22-26(32-24(23(25)29)21-18(31)4-3-5-19(21)37)36(28(39)33-27(22)35)12-15-6-8-16(30)9-7-15/h2-9,17,37H,1,10-14H2/t17-/m1/s1. The summed E-state index contributed by atoms with van der Waals surface area (Å²) in [5.74, 6) is -1.43. The van der Waals surface area contributed by atoms with E-state index in [0.717, 1.165) is 6.07 Å². The van der Waals surface area contributed by atoms with E-state index < -0.39 is 23.1 Å². The van der Waals surface area contributed by atoms with Gasteiger partial charge in [0.05, 0.1) is 18.2 Å². The third-order valence-corrected chi connectivity index (χ3v) is 7.48. The van der Waals surface area contributed by atoms with Crippen LogP contribution in [0.15, 0.2) is 59.9 Å². The summed E-state index contributed by atoms with van der Waals surface area (Å²) in [7, 11) is 0. The number of benzene rings is 2. The first-order chi connectivity index (χ1) is 19.3. The molecule has 2 aromatic heterocycles. The van der Waals surface area contributed by atoms with Crippen LogP contribution in [0.1, 0.15) is 5.56 Å². The van der Waals surface area contributed by atoms with Crippen molar-refractivity contribution in [3.8, 4) is 22.8 Å². The number of hydrogen-bond donors (Lipinski definition) is 1. The van der Waals surface area contributed by atoms with Gasteiger partial charge in [0, 0.05) is 19.6 Å². The van der Waals surface area contributed by atoms with Crippen LogP contribution in [0.5, 0.6) is 11.5 Å². The highest BCUT2D eigenvalue weighted by Crippen LogP contribution is 2.46. The van der Waals surface area contributed by atoms with Gasteiger partial charge in [-0.05, 0) is 35.9 Å². The van der Waals surface area contributed by atoms with Crippen molar-refractivity contribution < 1.29 is 23.4 Å². The van der Waals surface area contributed by atoms with Gasteiger partial charge in [-0.15, -0.1) is 0 Å². The van der Waals surface area contributed by atoms with Gasteiger partial charge in [0.1, 0.15) is 45.9 Å². The van der Waals surface area contributed by atoms with E-state index in [1.54, 1.807) is 4.90 Å². The molecule has 2 aliphatic heterocycles. The lowest BCUT2D eigenvalue weighted by Crippen LogP contribution is -2.56. The fourth-order valence-corrected chi connectivity index (χ4v) is 5.47. The van der Waals surface area contributed by atoms with Crippen LogP contribution in [0.4, 0.5) is 14.6 Å². The number of nitrogens with zero attached hydrogens (tertiary/aromatic N) is 5. The lowest BCUT2D eigenvalue weighted by Gasteiger charge is -2.40. The first-order valence-electron chi connectivity index (χ1n) is 12.4. The van der Waals surface area contributed by atoms with Crippen LogP contribution < -0.4 is 15.3 Å². The zero-order valence-corrected chi connectivity index (χ0v) is 21.7. The van der Waals surface area contributed by atoms with E-state index in [2.05, 4.69) is 16.5 Å². The highest BCUT2D eigenvalue weighted by atomic mass is 35.5. The topological polar surface area (TPSA) is 101 Å². The molecule has 1 fully saturated rings. The Hall–Kier alpha value is -4.51. The maximum atomic E-state index is 15.0. The number of aromatic nitrogens is 3. The Morgan fingerprint density at radius 2 is 1.95 bits per heavy atom. The maximum Gasteiger partial charge on any atom is 0.351 e. The molecular formula is C28H22ClF2N5O4. The average molecular weight is 566 g/mol. The number of ether oxygens (including phenoxy) is 1. The Morgan fingerprint density at radius 1 is 1.18 bits per heavy atom. The molecule has 1 saturated heterocycles. The molecule has 0 radical (unpaired) electrons. The van der Waals surface area contributed by atoms with E-state index in [1.807, 2.05) is 4.90 Å². The summed E-state index contributed by atoms with van der Waals surface area (Å²) >= 11 is 6.80. The second-order valence-corrected chi connectivity index (χ2v) is 9.89. The molecule has 0 bridgehead atoms. The highest BCUT2D eigenvalue weighted by molar-refractivity contribution is 6.36. The molecule has 12 heteroatoms. The Bertz CT molecular complexity index is 1720. The number of carbonyl (C=O) groups excluding carboxylic acids is 1. The van der Waals surface area contributed by atoms with Crippen molar-refractivity contribution in [1.29, 1.82) is 0 Å². The second kappa shape index (κ2) is 9.91. The molecule has 0 spiro atoms. The number of rotatable bonds is 4. The summed E-state index contributed by atoms with van der Waals surface area (Å²) < 4.78 is 36.0. The van der Waals surface area contributed by atoms with Gasteiger partial charge in [0.15, 0.2) is 11.4 Å². The van der Waals surface area contributed by atoms with Crippen LogP contribution in [-0.4, -0.2) is 62.7 Å². The summed E-state index contributed by atoms with van der Waals surface area (Å²) in [5, 5.41) is 10.8. The Balaban J connectivity index is 1.61. The maximum absolute atomic E-state index is 15.0. The number of phenols is 1. The number of carbonyl (C=O) groups is 1. The van der Waals surface area contributed by atoms with Gasteiger partial charge in [-0.1, -0.05) is 36.4 Å². The highest BCUT2D eigenvalue weighted by Gasteiger charge is 2.37. The Labute approximate surface area is 231 Å². The number of amides is 1. The molecule has 1 amide bonds. The monoisotopic (exact) mass is 565 g/mol. The lowest BCUT2D eigenvalue weighted by molar-refractivity contribution is -0.126. The molecule has 4 heterocycles. The van der Waals surface area contributed by atoms with Gasteiger partial charge in [-0.25, -0.2) is 18.6 Å². The van der Waals surface area contributed by atoms with Crippen LogP contribution >= 0.6 is 11.6 Å². The van der Waals surface area contributed by atoms with Gasteiger partial charge in [0.25, 0.3) is 0 Å². The summed E-state index contributed by atoms with van der Waals surface area (Å²) in [6.45, 7) is 4.61. The fraction of sp³-hybridized carbons (Fsp3) is 0.214. The molecule has 1 atom stereocenters. The molecule has 40 heavy (non-hydrogen) atoms. The predicted octanol–water partition coefficient (Wildman–Crippen LogP) is 3.74. The van der Waals surface area contributed by atoms with Crippen molar-refractivity contribution in [1.82, 2.24) is 19.4 Å². The first-order valence-corrected chi connectivity index (χ1v) is 12.8. The summed E-state index contributed by atoms with van der Waals surface area (Å²) in [6.07, 6.45) is 1.24. The smallest absolute Gasteiger partial charge is 0.351 e. The van der Waals surface area contributed by atoms with Crippen molar-refractivity contribution in [3.05, 3.63) is 87.8 Å². The zero-order chi connectivity index (χ0) is 28.1. The van der Waals surface area contributed by atoms with Gasteiger partial charge in [-0.2, -0.15) is 4.98 Å². The molecule has 204 valence electrons. The summed E-state index contributed by atoms with van der Waals surface area (Å²) in [5.41, 5.74) is -0.327. The van der Waals surface area contributed by atoms with E-state index in [9.17, 15) is 19.1 Å². The van der Waals surface area contributed by atoms with Gasteiger partial charge < -0.3 is 19.6 Å². The molecule has 0 saturated carbocycles. The minimum atomic E-state index is -0.771. The number of halogens is 3. The molecule has 2 aromatic carbocycles. The van der Waals surface area contributed by atoms with Crippen molar-refractivity contribution in [2.75, 3.05) is 31.1 Å². The van der Waals surface area contributed by atoms with Crippen LogP contribution in [0, 0.1) is 11.6 Å². The molecule has 6 rings (SSSR count). The van der Waals surface area contributed by atoms with Crippen LogP contribution in [0.2, 0.25) is 5.02 Å². The largest absolute Gasteiger partial charge is 0.507 e. The minimum absolute atomic E-state index is 0.0231. The third kappa shape index (κ3) is 4.22. The summed E-state index contributed by atoms with van der Waals surface area (Å²) in [6, 6.07) is 9.03. The van der Waals surface area contributed by atoms with E-state index in [4.69, 9.17) is 16.3 Å². The second-order valence-electron chi connectivity index (χ2n) is 9.51. The molecule has 1 N–H and O–H groups in total. The third-order valence-electron chi connectivity index (χ3n) is 7.13. The average Bonchev–Trinajstić information content (AvgIpc) is 3.10. The number of aromatic hydroxyl groups is 1. The molecule has 0 unspecified atom stereocenters. The summed E-state index contributed by atoms with van der Waals surface area (Å²) in [4.78, 5) is 38.4. The van der Waals surface area contributed by atoms with E-state index in [0.29, 0.717) is 24.0 Å². The number of pyridine rings is 1. The van der Waals surface area contributed by atoms with Crippen molar-refractivity contribution in [2.45, 2.75) is 12.6 Å². The van der Waals surface area contributed by atoms with Gasteiger partial charge in [-0.3, -0.25) is 9.36 Å².